The van der Waals surface area contributed by atoms with Gasteiger partial charge in [-0.3, -0.25) is 14.5 Å². The van der Waals surface area contributed by atoms with E-state index in [1.54, 1.807) is 13.2 Å². The topological polar surface area (TPSA) is 83.3 Å². The number of carbonyl (C=O) groups excluding carboxylic acids is 1. The smallest absolute Gasteiger partial charge is 0.220 e. The number of aliphatic imine (C=N–C) groups is 1. The molecule has 1 amide bonds. The van der Waals surface area contributed by atoms with Crippen LogP contribution in [0.1, 0.15) is 31.4 Å². The van der Waals surface area contributed by atoms with E-state index in [0.717, 1.165) is 37.5 Å². The van der Waals surface area contributed by atoms with E-state index in [1.165, 1.54) is 0 Å². The van der Waals surface area contributed by atoms with Gasteiger partial charge in [-0.1, -0.05) is 0 Å². The molecule has 1 fully saturated rings. The first-order valence-corrected chi connectivity index (χ1v) is 7.40. The summed E-state index contributed by atoms with van der Waals surface area (Å²) in [6.45, 7) is 1.39. The third kappa shape index (κ3) is 6.63. The minimum atomic E-state index is 0. The highest BCUT2D eigenvalue weighted by atomic mass is 127. The Morgan fingerprint density at radius 2 is 2.23 bits per heavy atom. The second kappa shape index (κ2) is 9.65. The third-order valence-corrected chi connectivity index (χ3v) is 3.40. The van der Waals surface area contributed by atoms with Gasteiger partial charge in [-0.15, -0.1) is 24.0 Å². The van der Waals surface area contributed by atoms with Crippen LogP contribution in [0.15, 0.2) is 17.3 Å². The van der Waals surface area contributed by atoms with Crippen molar-refractivity contribution in [1.82, 2.24) is 25.7 Å². The van der Waals surface area contributed by atoms with E-state index in [4.69, 9.17) is 0 Å². The molecule has 1 aliphatic carbocycles. The van der Waals surface area contributed by atoms with Crippen LogP contribution in [0, 0.1) is 0 Å². The molecular formula is C14H25IN6O. The molecule has 0 aromatic carbocycles. The average Bonchev–Trinajstić information content (AvgIpc) is 3.19. The fourth-order valence-electron chi connectivity index (χ4n) is 1.95. The van der Waals surface area contributed by atoms with Crippen molar-refractivity contribution in [3.8, 4) is 0 Å². The minimum absolute atomic E-state index is 0. The van der Waals surface area contributed by atoms with Gasteiger partial charge in [0.25, 0.3) is 0 Å². The highest BCUT2D eigenvalue weighted by Gasteiger charge is 2.22. The minimum Gasteiger partial charge on any atom is -0.356 e. The Balaban J connectivity index is 0.00000242. The normalized spacial score (nSPS) is 14.2. The first-order chi connectivity index (χ1) is 10.2. The summed E-state index contributed by atoms with van der Waals surface area (Å²) >= 11 is 0. The molecule has 3 N–H and O–H groups in total. The van der Waals surface area contributed by atoms with Crippen molar-refractivity contribution >= 4 is 35.8 Å². The van der Waals surface area contributed by atoms with E-state index >= 15 is 0 Å². The number of nitrogens with one attached hydrogen (secondary N) is 3. The van der Waals surface area contributed by atoms with Crippen LogP contribution in [-0.2, 0) is 18.4 Å². The lowest BCUT2D eigenvalue weighted by molar-refractivity contribution is -0.121. The van der Waals surface area contributed by atoms with Crippen molar-refractivity contribution in [1.29, 1.82) is 0 Å². The van der Waals surface area contributed by atoms with Crippen molar-refractivity contribution < 1.29 is 4.79 Å². The Labute approximate surface area is 148 Å². The quantitative estimate of drug-likeness (QED) is 0.263. The van der Waals surface area contributed by atoms with E-state index in [0.29, 0.717) is 19.0 Å². The Morgan fingerprint density at radius 3 is 2.82 bits per heavy atom. The number of hydrogen-bond donors (Lipinski definition) is 3. The van der Waals surface area contributed by atoms with E-state index in [1.807, 2.05) is 17.8 Å². The van der Waals surface area contributed by atoms with Crippen molar-refractivity contribution in [3.05, 3.63) is 18.0 Å². The number of aryl methyl sites for hydroxylation is 1. The van der Waals surface area contributed by atoms with Crippen LogP contribution in [0.2, 0.25) is 0 Å². The second-order valence-corrected chi connectivity index (χ2v) is 5.24. The molecule has 1 aromatic heterocycles. The summed E-state index contributed by atoms with van der Waals surface area (Å²) < 4.78 is 1.82. The Kier molecular flexibility index (Phi) is 8.21. The lowest BCUT2D eigenvalue weighted by Crippen LogP contribution is -2.38. The van der Waals surface area contributed by atoms with Gasteiger partial charge in [0.05, 0.1) is 12.2 Å². The molecule has 1 aliphatic rings. The van der Waals surface area contributed by atoms with Gasteiger partial charge in [0, 0.05) is 39.3 Å². The molecule has 0 saturated heterocycles. The molecule has 7 nitrogen and oxygen atoms in total. The molecule has 1 aromatic rings. The van der Waals surface area contributed by atoms with Crippen LogP contribution >= 0.6 is 24.0 Å². The van der Waals surface area contributed by atoms with Crippen LogP contribution in [0.3, 0.4) is 0 Å². The largest absolute Gasteiger partial charge is 0.356 e. The second-order valence-electron chi connectivity index (χ2n) is 5.24. The summed E-state index contributed by atoms with van der Waals surface area (Å²) in [6, 6.07) is 2.40. The average molecular weight is 420 g/mol. The number of aromatic nitrogens is 2. The summed E-state index contributed by atoms with van der Waals surface area (Å²) in [6.07, 6.45) is 5.39. The molecule has 0 atom stereocenters. The number of halogens is 1. The fraction of sp³-hybridized carbons (Fsp3) is 0.643. The van der Waals surface area contributed by atoms with Gasteiger partial charge in [-0.25, -0.2) is 0 Å². The van der Waals surface area contributed by atoms with Gasteiger partial charge in [0.1, 0.15) is 0 Å². The molecule has 124 valence electrons. The zero-order chi connectivity index (χ0) is 15.1. The van der Waals surface area contributed by atoms with Crippen molar-refractivity contribution in [2.24, 2.45) is 12.0 Å². The SMILES string of the molecule is CN=C(NCCCC(=O)NC1CC1)NCc1ccnn1C.I. The number of guanidine groups is 1. The monoisotopic (exact) mass is 420 g/mol. The zero-order valence-electron chi connectivity index (χ0n) is 13.1. The van der Waals surface area contributed by atoms with E-state index in [-0.39, 0.29) is 29.9 Å². The number of nitrogens with zero attached hydrogens (tertiary/aromatic N) is 3. The van der Waals surface area contributed by atoms with Crippen molar-refractivity contribution in [2.45, 2.75) is 38.3 Å². The Morgan fingerprint density at radius 1 is 1.45 bits per heavy atom. The molecule has 1 heterocycles. The maximum Gasteiger partial charge on any atom is 0.220 e. The first kappa shape index (κ1) is 18.7. The highest BCUT2D eigenvalue weighted by molar-refractivity contribution is 14.0. The molecule has 0 bridgehead atoms. The van der Waals surface area contributed by atoms with Crippen LogP contribution < -0.4 is 16.0 Å². The lowest BCUT2D eigenvalue weighted by Gasteiger charge is -2.12. The first-order valence-electron chi connectivity index (χ1n) is 7.40. The number of rotatable bonds is 7. The summed E-state index contributed by atoms with van der Waals surface area (Å²) in [5.41, 5.74) is 1.08. The predicted molar refractivity (Wildman–Crippen MR) is 97.2 cm³/mol. The molecule has 1 saturated carbocycles. The van der Waals surface area contributed by atoms with Gasteiger partial charge in [-0.2, -0.15) is 5.10 Å². The van der Waals surface area contributed by atoms with E-state index in [2.05, 4.69) is 26.0 Å². The standard InChI is InChI=1S/C14H24N6O.HI/c1-15-14(17-10-12-7-9-18-20(12)2)16-8-3-4-13(21)19-11-5-6-11;/h7,9,11H,3-6,8,10H2,1-2H3,(H,19,21)(H2,15,16,17);1H. The molecular weight excluding hydrogens is 395 g/mol. The van der Waals surface area contributed by atoms with E-state index < -0.39 is 0 Å². The van der Waals surface area contributed by atoms with Gasteiger partial charge < -0.3 is 16.0 Å². The van der Waals surface area contributed by atoms with E-state index in [9.17, 15) is 4.79 Å². The maximum atomic E-state index is 11.5. The van der Waals surface area contributed by atoms with Crippen LogP contribution in [-0.4, -0.2) is 41.3 Å². The summed E-state index contributed by atoms with van der Waals surface area (Å²) in [5.74, 6) is 0.885. The summed E-state index contributed by atoms with van der Waals surface area (Å²) in [4.78, 5) is 15.7. The molecule has 0 unspecified atom stereocenters. The summed E-state index contributed by atoms with van der Waals surface area (Å²) in [5, 5.41) is 13.5. The number of carbonyl (C=O) groups is 1. The highest BCUT2D eigenvalue weighted by Crippen LogP contribution is 2.18. The van der Waals surface area contributed by atoms with Crippen LogP contribution in [0.5, 0.6) is 0 Å². The van der Waals surface area contributed by atoms with Gasteiger partial charge >= 0.3 is 0 Å². The Hall–Kier alpha value is -1.32. The zero-order valence-corrected chi connectivity index (χ0v) is 15.5. The number of amides is 1. The molecule has 22 heavy (non-hydrogen) atoms. The van der Waals surface area contributed by atoms with Gasteiger partial charge in [-0.05, 0) is 25.3 Å². The maximum absolute atomic E-state index is 11.5. The molecule has 0 spiro atoms. The van der Waals surface area contributed by atoms with Gasteiger partial charge in [0.15, 0.2) is 5.96 Å². The Bertz CT molecular complexity index is 497. The third-order valence-electron chi connectivity index (χ3n) is 3.40. The van der Waals surface area contributed by atoms with Crippen LogP contribution in [0.4, 0.5) is 0 Å². The lowest BCUT2D eigenvalue weighted by atomic mass is 10.3. The van der Waals surface area contributed by atoms with Crippen molar-refractivity contribution in [3.63, 3.8) is 0 Å². The molecule has 0 aliphatic heterocycles. The fourth-order valence-corrected chi connectivity index (χ4v) is 1.95. The van der Waals surface area contributed by atoms with Crippen LogP contribution in [0.25, 0.3) is 0 Å². The number of hydrogen-bond acceptors (Lipinski definition) is 3. The molecule has 8 heteroatoms. The molecule has 2 rings (SSSR count). The summed E-state index contributed by atoms with van der Waals surface area (Å²) in [7, 11) is 3.64. The van der Waals surface area contributed by atoms with Crippen molar-refractivity contribution in [2.75, 3.05) is 13.6 Å². The predicted octanol–water partition coefficient (Wildman–Crippen LogP) is 0.762. The molecule has 0 radical (unpaired) electrons. The van der Waals surface area contributed by atoms with Gasteiger partial charge in [0.2, 0.25) is 5.91 Å².